The first-order valence-electron chi connectivity index (χ1n) is 6.41. The highest BCUT2D eigenvalue weighted by Crippen LogP contribution is 2.26. The fourth-order valence-electron chi connectivity index (χ4n) is 2.21. The number of hydrogen-bond acceptors (Lipinski definition) is 4. The maximum Gasteiger partial charge on any atom is 0.167 e. The summed E-state index contributed by atoms with van der Waals surface area (Å²) in [5, 5.41) is 3.23. The number of carbonyl (C=O) groups is 1. The SMILES string of the molecule is NCc1cc(C(=O)Cc2csc3ccccc23)ccn1. The highest BCUT2D eigenvalue weighted by molar-refractivity contribution is 7.17. The number of aromatic nitrogens is 1. The fraction of sp³-hybridized carbons (Fsp3) is 0.125. The Bertz CT molecular complexity index is 764. The standard InChI is InChI=1S/C16H14N2OS/c17-9-13-7-11(5-6-18-13)15(19)8-12-10-20-16-4-2-1-3-14(12)16/h1-7,10H,8-9,17H2. The van der Waals surface area contributed by atoms with Gasteiger partial charge in [0.1, 0.15) is 0 Å². The van der Waals surface area contributed by atoms with E-state index >= 15 is 0 Å². The molecule has 2 aromatic heterocycles. The maximum atomic E-state index is 12.4. The Labute approximate surface area is 121 Å². The molecule has 0 aliphatic heterocycles. The van der Waals surface area contributed by atoms with E-state index in [0.717, 1.165) is 11.3 Å². The van der Waals surface area contributed by atoms with Crippen LogP contribution >= 0.6 is 11.3 Å². The van der Waals surface area contributed by atoms with E-state index in [1.165, 1.54) is 10.1 Å². The lowest BCUT2D eigenvalue weighted by molar-refractivity contribution is 0.0993. The van der Waals surface area contributed by atoms with Crippen LogP contribution < -0.4 is 5.73 Å². The van der Waals surface area contributed by atoms with Gasteiger partial charge in [-0.05, 0) is 34.5 Å². The topological polar surface area (TPSA) is 56.0 Å². The van der Waals surface area contributed by atoms with E-state index in [9.17, 15) is 4.79 Å². The van der Waals surface area contributed by atoms with Gasteiger partial charge in [-0.2, -0.15) is 0 Å². The molecule has 0 atom stereocenters. The van der Waals surface area contributed by atoms with Crippen molar-refractivity contribution in [2.24, 2.45) is 5.73 Å². The van der Waals surface area contributed by atoms with Crippen molar-refractivity contribution >= 4 is 27.2 Å². The van der Waals surface area contributed by atoms with E-state index in [-0.39, 0.29) is 5.78 Å². The average Bonchev–Trinajstić information content (AvgIpc) is 2.90. The van der Waals surface area contributed by atoms with Crippen molar-refractivity contribution in [3.05, 3.63) is 64.8 Å². The third kappa shape index (κ3) is 2.48. The van der Waals surface area contributed by atoms with Gasteiger partial charge in [0.25, 0.3) is 0 Å². The molecule has 0 radical (unpaired) electrons. The van der Waals surface area contributed by atoms with Gasteiger partial charge in [-0.3, -0.25) is 9.78 Å². The molecule has 0 bridgehead atoms. The normalized spacial score (nSPS) is 10.8. The minimum atomic E-state index is 0.102. The van der Waals surface area contributed by atoms with Crippen molar-refractivity contribution in [2.75, 3.05) is 0 Å². The zero-order valence-corrected chi connectivity index (χ0v) is 11.7. The van der Waals surface area contributed by atoms with E-state index in [2.05, 4.69) is 22.5 Å². The fourth-order valence-corrected chi connectivity index (χ4v) is 3.17. The van der Waals surface area contributed by atoms with E-state index in [1.807, 2.05) is 12.1 Å². The second-order valence-electron chi connectivity index (χ2n) is 4.60. The van der Waals surface area contributed by atoms with Gasteiger partial charge in [-0.15, -0.1) is 11.3 Å². The smallest absolute Gasteiger partial charge is 0.167 e. The monoisotopic (exact) mass is 282 g/mol. The lowest BCUT2D eigenvalue weighted by Crippen LogP contribution is -2.06. The Morgan fingerprint density at radius 2 is 2.10 bits per heavy atom. The van der Waals surface area contributed by atoms with Gasteiger partial charge in [-0.1, -0.05) is 18.2 Å². The molecule has 3 aromatic rings. The molecule has 0 aliphatic rings. The Hall–Kier alpha value is -2.04. The number of thiophene rings is 1. The quantitative estimate of drug-likeness (QED) is 0.748. The number of pyridine rings is 1. The predicted octanol–water partition coefficient (Wildman–Crippen LogP) is 3.18. The van der Waals surface area contributed by atoms with Crippen LogP contribution in [0.2, 0.25) is 0 Å². The molecule has 3 nitrogen and oxygen atoms in total. The highest BCUT2D eigenvalue weighted by atomic mass is 32.1. The summed E-state index contributed by atoms with van der Waals surface area (Å²) in [7, 11) is 0. The number of ketones is 1. The molecule has 0 spiro atoms. The maximum absolute atomic E-state index is 12.4. The van der Waals surface area contributed by atoms with Crippen molar-refractivity contribution in [1.29, 1.82) is 0 Å². The predicted molar refractivity (Wildman–Crippen MR) is 82.0 cm³/mol. The number of hydrogen-bond donors (Lipinski definition) is 1. The largest absolute Gasteiger partial charge is 0.325 e. The lowest BCUT2D eigenvalue weighted by Gasteiger charge is -2.02. The number of rotatable bonds is 4. The summed E-state index contributed by atoms with van der Waals surface area (Å²) >= 11 is 1.67. The average molecular weight is 282 g/mol. The number of nitrogens with two attached hydrogens (primary N) is 1. The van der Waals surface area contributed by atoms with Crippen LogP contribution in [0.3, 0.4) is 0 Å². The first-order chi connectivity index (χ1) is 9.78. The first-order valence-corrected chi connectivity index (χ1v) is 7.29. The van der Waals surface area contributed by atoms with Crippen LogP contribution in [0.5, 0.6) is 0 Å². The molecule has 20 heavy (non-hydrogen) atoms. The molecule has 2 heterocycles. The molecule has 100 valence electrons. The summed E-state index contributed by atoms with van der Waals surface area (Å²) in [5.74, 6) is 0.102. The van der Waals surface area contributed by atoms with E-state index < -0.39 is 0 Å². The van der Waals surface area contributed by atoms with Crippen LogP contribution in [0.4, 0.5) is 0 Å². The van der Waals surface area contributed by atoms with E-state index in [4.69, 9.17) is 5.73 Å². The minimum absolute atomic E-state index is 0.102. The number of fused-ring (bicyclic) bond motifs is 1. The molecule has 0 unspecified atom stereocenters. The highest BCUT2D eigenvalue weighted by Gasteiger charge is 2.11. The molecule has 1 aromatic carbocycles. The van der Waals surface area contributed by atoms with Gasteiger partial charge in [0.15, 0.2) is 5.78 Å². The number of Topliss-reactive ketones (excluding diaryl/α,β-unsaturated/α-hetero) is 1. The van der Waals surface area contributed by atoms with Crippen molar-refractivity contribution in [3.63, 3.8) is 0 Å². The van der Waals surface area contributed by atoms with Crippen LogP contribution in [-0.4, -0.2) is 10.8 Å². The third-order valence-electron chi connectivity index (χ3n) is 3.26. The van der Waals surface area contributed by atoms with Crippen LogP contribution in [0, 0.1) is 0 Å². The van der Waals surface area contributed by atoms with Crippen molar-refractivity contribution in [1.82, 2.24) is 4.98 Å². The number of benzene rings is 1. The van der Waals surface area contributed by atoms with Crippen molar-refractivity contribution in [3.8, 4) is 0 Å². The van der Waals surface area contributed by atoms with Gasteiger partial charge in [0.2, 0.25) is 0 Å². The Morgan fingerprint density at radius 3 is 2.95 bits per heavy atom. The van der Waals surface area contributed by atoms with E-state index in [0.29, 0.717) is 18.5 Å². The summed E-state index contributed by atoms with van der Waals surface area (Å²) in [6.45, 7) is 0.350. The summed E-state index contributed by atoms with van der Waals surface area (Å²) < 4.78 is 1.22. The lowest BCUT2D eigenvalue weighted by atomic mass is 10.0. The van der Waals surface area contributed by atoms with Gasteiger partial charge >= 0.3 is 0 Å². The molecule has 2 N–H and O–H groups in total. The number of carbonyl (C=O) groups excluding carboxylic acids is 1. The van der Waals surface area contributed by atoms with Crippen LogP contribution in [-0.2, 0) is 13.0 Å². The minimum Gasteiger partial charge on any atom is -0.325 e. The Morgan fingerprint density at radius 1 is 1.25 bits per heavy atom. The molecule has 0 saturated carbocycles. The zero-order valence-electron chi connectivity index (χ0n) is 10.9. The van der Waals surface area contributed by atoms with Gasteiger partial charge in [0.05, 0.1) is 5.69 Å². The number of nitrogens with zero attached hydrogens (tertiary/aromatic N) is 1. The molecular formula is C16H14N2OS. The second-order valence-corrected chi connectivity index (χ2v) is 5.51. The third-order valence-corrected chi connectivity index (χ3v) is 4.27. The van der Waals surface area contributed by atoms with Crippen molar-refractivity contribution in [2.45, 2.75) is 13.0 Å². The van der Waals surface area contributed by atoms with E-state index in [1.54, 1.807) is 29.7 Å². The molecule has 0 amide bonds. The summed E-state index contributed by atoms with van der Waals surface area (Å²) in [6, 6.07) is 11.7. The molecule has 3 rings (SSSR count). The van der Waals surface area contributed by atoms with Crippen LogP contribution in [0.1, 0.15) is 21.6 Å². The summed E-state index contributed by atoms with van der Waals surface area (Å²) in [5.41, 5.74) is 8.06. The molecule has 0 fully saturated rings. The zero-order chi connectivity index (χ0) is 13.9. The van der Waals surface area contributed by atoms with Crippen LogP contribution in [0.25, 0.3) is 10.1 Å². The van der Waals surface area contributed by atoms with Gasteiger partial charge in [0, 0.05) is 29.4 Å². The van der Waals surface area contributed by atoms with Gasteiger partial charge in [-0.25, -0.2) is 0 Å². The molecule has 0 aliphatic carbocycles. The molecule has 0 saturated heterocycles. The Kier molecular flexibility index (Phi) is 3.58. The first kappa shape index (κ1) is 13.0. The summed E-state index contributed by atoms with van der Waals surface area (Å²) in [6.07, 6.45) is 2.05. The second kappa shape index (κ2) is 5.53. The van der Waals surface area contributed by atoms with Crippen LogP contribution in [0.15, 0.2) is 48.0 Å². The molecule has 4 heteroatoms. The van der Waals surface area contributed by atoms with Gasteiger partial charge < -0.3 is 5.73 Å². The summed E-state index contributed by atoms with van der Waals surface area (Å²) in [4.78, 5) is 16.5. The Balaban J connectivity index is 1.88. The van der Waals surface area contributed by atoms with Crippen molar-refractivity contribution < 1.29 is 4.79 Å². The molecular weight excluding hydrogens is 268 g/mol.